The van der Waals surface area contributed by atoms with E-state index >= 15 is 0 Å². The van der Waals surface area contributed by atoms with Crippen molar-refractivity contribution in [3.05, 3.63) is 46.4 Å². The number of allylic oxidation sites excluding steroid dienone is 1. The van der Waals surface area contributed by atoms with Crippen LogP contribution in [0.1, 0.15) is 90.2 Å². The third-order valence-electron chi connectivity index (χ3n) is 6.00. The van der Waals surface area contributed by atoms with E-state index in [1.807, 2.05) is 12.1 Å². The van der Waals surface area contributed by atoms with Gasteiger partial charge in [-0.25, -0.2) is 0 Å². The third kappa shape index (κ3) is 8.13. The predicted octanol–water partition coefficient (Wildman–Crippen LogP) is 8.60. The molecular formula is C27H40N2O4. The molecule has 0 fully saturated rings. The number of hydrogen-bond acceptors (Lipinski definition) is 6. The van der Waals surface area contributed by atoms with E-state index in [-0.39, 0.29) is 6.10 Å². The van der Waals surface area contributed by atoms with Gasteiger partial charge in [0.25, 0.3) is 0 Å². The van der Waals surface area contributed by atoms with E-state index in [2.05, 4.69) is 37.5 Å². The van der Waals surface area contributed by atoms with Gasteiger partial charge in [-0.05, 0) is 55.3 Å². The maximum absolute atomic E-state index is 11.5. The monoisotopic (exact) mass is 456 g/mol. The Balaban J connectivity index is 2.24. The van der Waals surface area contributed by atoms with Crippen molar-refractivity contribution in [2.75, 3.05) is 19.2 Å². The summed E-state index contributed by atoms with van der Waals surface area (Å²) in [5.74, 6) is 0.566. The van der Waals surface area contributed by atoms with E-state index in [9.17, 15) is 10.1 Å². The van der Waals surface area contributed by atoms with Crippen LogP contribution in [0.4, 0.5) is 11.4 Å². The maximum atomic E-state index is 11.5. The molecule has 2 aromatic rings. The van der Waals surface area contributed by atoms with Crippen LogP contribution < -0.4 is 10.2 Å². The van der Waals surface area contributed by atoms with Gasteiger partial charge in [0.2, 0.25) is 0 Å². The minimum absolute atomic E-state index is 0.121. The molecule has 33 heavy (non-hydrogen) atoms. The van der Waals surface area contributed by atoms with Gasteiger partial charge in [0.1, 0.15) is 11.4 Å². The SMILES string of the molecule is CCCCCCCCCCC(OCC=C(C)C)c1cc(OC)c2c(NO)ccc(N=O)c2c1. The molecule has 0 spiro atoms. The number of nitrogens with zero attached hydrogens (tertiary/aromatic N) is 1. The van der Waals surface area contributed by atoms with Gasteiger partial charge in [0, 0.05) is 5.39 Å². The summed E-state index contributed by atoms with van der Waals surface area (Å²) in [5.41, 5.74) is 5.12. The lowest BCUT2D eigenvalue weighted by Crippen LogP contribution is -2.06. The van der Waals surface area contributed by atoms with Gasteiger partial charge in [-0.15, -0.1) is 4.91 Å². The summed E-state index contributed by atoms with van der Waals surface area (Å²) in [6.45, 7) is 6.89. The molecule has 2 rings (SSSR count). The number of anilines is 1. The average molecular weight is 457 g/mol. The molecule has 0 amide bonds. The first-order valence-corrected chi connectivity index (χ1v) is 12.2. The lowest BCUT2D eigenvalue weighted by atomic mass is 9.96. The molecule has 0 bridgehead atoms. The number of methoxy groups -OCH3 is 1. The van der Waals surface area contributed by atoms with Crippen molar-refractivity contribution >= 4 is 22.1 Å². The van der Waals surface area contributed by atoms with E-state index in [1.54, 1.807) is 19.2 Å². The molecular weight excluding hydrogens is 416 g/mol. The predicted molar refractivity (Wildman–Crippen MR) is 137 cm³/mol. The van der Waals surface area contributed by atoms with Crippen LogP contribution in [-0.2, 0) is 4.74 Å². The summed E-state index contributed by atoms with van der Waals surface area (Å²) in [6.07, 6.45) is 12.9. The van der Waals surface area contributed by atoms with Crippen LogP contribution in [0, 0.1) is 4.91 Å². The first-order chi connectivity index (χ1) is 16.0. The molecule has 0 saturated heterocycles. The molecule has 2 N–H and O–H groups in total. The summed E-state index contributed by atoms with van der Waals surface area (Å²) in [5, 5.41) is 14.0. The molecule has 6 heteroatoms. The normalized spacial score (nSPS) is 11.9. The number of ether oxygens (including phenoxy) is 2. The van der Waals surface area contributed by atoms with Crippen molar-refractivity contribution in [2.45, 2.75) is 84.7 Å². The van der Waals surface area contributed by atoms with E-state index in [0.717, 1.165) is 18.4 Å². The van der Waals surface area contributed by atoms with Gasteiger partial charge in [0.05, 0.1) is 30.9 Å². The van der Waals surface area contributed by atoms with Gasteiger partial charge in [-0.2, -0.15) is 0 Å². The van der Waals surface area contributed by atoms with Gasteiger partial charge in [0.15, 0.2) is 0 Å². The molecule has 0 saturated carbocycles. The largest absolute Gasteiger partial charge is 0.496 e. The smallest absolute Gasteiger partial charge is 0.129 e. The Labute approximate surface area is 198 Å². The van der Waals surface area contributed by atoms with Crippen LogP contribution in [0.15, 0.2) is 41.1 Å². The second kappa shape index (κ2) is 14.7. The molecule has 0 heterocycles. The average Bonchev–Trinajstić information content (AvgIpc) is 2.82. The van der Waals surface area contributed by atoms with Crippen molar-refractivity contribution in [1.29, 1.82) is 0 Å². The summed E-state index contributed by atoms with van der Waals surface area (Å²) >= 11 is 0. The van der Waals surface area contributed by atoms with Gasteiger partial charge >= 0.3 is 0 Å². The van der Waals surface area contributed by atoms with Crippen molar-refractivity contribution in [3.8, 4) is 5.75 Å². The number of nitroso groups, excluding NO2 is 1. The topological polar surface area (TPSA) is 80.2 Å². The van der Waals surface area contributed by atoms with E-state index in [1.165, 1.54) is 50.5 Å². The highest BCUT2D eigenvalue weighted by Crippen LogP contribution is 2.41. The van der Waals surface area contributed by atoms with Crippen molar-refractivity contribution in [3.63, 3.8) is 0 Å². The number of fused-ring (bicyclic) bond motifs is 1. The standard InChI is InChI=1S/C27H40N2O4/c1-5-6-7-8-9-10-11-12-13-25(33-17-16-20(2)3)21-18-22-23(28-30)14-15-24(29-31)27(22)26(19-21)32-4/h14-16,18-19,25,29,31H,5-13,17H2,1-4H3. The third-order valence-corrected chi connectivity index (χ3v) is 6.00. The Bertz CT molecular complexity index is 907. The minimum Gasteiger partial charge on any atom is -0.496 e. The maximum Gasteiger partial charge on any atom is 0.129 e. The first-order valence-electron chi connectivity index (χ1n) is 12.2. The van der Waals surface area contributed by atoms with Crippen LogP contribution in [0.25, 0.3) is 10.8 Å². The van der Waals surface area contributed by atoms with Gasteiger partial charge in [-0.3, -0.25) is 10.7 Å². The summed E-state index contributed by atoms with van der Waals surface area (Å²) in [7, 11) is 1.58. The number of benzene rings is 2. The highest BCUT2D eigenvalue weighted by molar-refractivity contribution is 6.05. The highest BCUT2D eigenvalue weighted by atomic mass is 16.5. The fourth-order valence-electron chi connectivity index (χ4n) is 4.11. The highest BCUT2D eigenvalue weighted by Gasteiger charge is 2.19. The molecule has 6 nitrogen and oxygen atoms in total. The molecule has 0 aliphatic carbocycles. The van der Waals surface area contributed by atoms with Crippen molar-refractivity contribution < 1.29 is 14.7 Å². The van der Waals surface area contributed by atoms with Crippen LogP contribution in [0.5, 0.6) is 5.75 Å². The zero-order valence-electron chi connectivity index (χ0n) is 20.7. The molecule has 0 aromatic heterocycles. The minimum atomic E-state index is -0.121. The molecule has 1 atom stereocenters. The van der Waals surface area contributed by atoms with Crippen LogP contribution in [0.2, 0.25) is 0 Å². The van der Waals surface area contributed by atoms with Gasteiger partial charge < -0.3 is 9.47 Å². The summed E-state index contributed by atoms with van der Waals surface area (Å²) < 4.78 is 11.9. The molecule has 2 aromatic carbocycles. The van der Waals surface area contributed by atoms with Crippen molar-refractivity contribution in [1.82, 2.24) is 0 Å². The molecule has 1 unspecified atom stereocenters. The number of nitrogens with one attached hydrogen (secondary N) is 1. The van der Waals surface area contributed by atoms with Crippen LogP contribution in [-0.4, -0.2) is 18.9 Å². The van der Waals surface area contributed by atoms with Crippen LogP contribution in [0.3, 0.4) is 0 Å². The van der Waals surface area contributed by atoms with E-state index < -0.39 is 0 Å². The quantitative estimate of drug-likeness (QED) is 0.114. The van der Waals surface area contributed by atoms with Crippen LogP contribution >= 0.6 is 0 Å². The first kappa shape index (κ1) is 26.8. The van der Waals surface area contributed by atoms with E-state index in [4.69, 9.17) is 9.47 Å². The number of unbranched alkanes of at least 4 members (excludes halogenated alkanes) is 7. The Hall–Kier alpha value is -2.44. The number of rotatable bonds is 16. The molecule has 0 radical (unpaired) electrons. The summed E-state index contributed by atoms with van der Waals surface area (Å²) in [4.78, 5) is 11.5. The fourth-order valence-corrected chi connectivity index (χ4v) is 4.11. The molecule has 0 aliphatic heterocycles. The van der Waals surface area contributed by atoms with Crippen molar-refractivity contribution in [2.24, 2.45) is 5.18 Å². The zero-order valence-corrected chi connectivity index (χ0v) is 20.7. The Morgan fingerprint density at radius 2 is 1.79 bits per heavy atom. The Kier molecular flexibility index (Phi) is 11.9. The zero-order chi connectivity index (χ0) is 24.1. The fraction of sp³-hybridized carbons (Fsp3) is 0.556. The molecule has 182 valence electrons. The van der Waals surface area contributed by atoms with E-state index in [0.29, 0.717) is 34.5 Å². The molecule has 0 aliphatic rings. The Morgan fingerprint density at radius 3 is 2.39 bits per heavy atom. The lowest BCUT2D eigenvalue weighted by Gasteiger charge is -2.21. The lowest BCUT2D eigenvalue weighted by molar-refractivity contribution is 0.0649. The summed E-state index contributed by atoms with van der Waals surface area (Å²) in [6, 6.07) is 7.09. The Morgan fingerprint density at radius 1 is 1.09 bits per heavy atom. The van der Waals surface area contributed by atoms with Gasteiger partial charge in [-0.1, -0.05) is 69.9 Å². The second-order valence-electron chi connectivity index (χ2n) is 8.85. The second-order valence-corrected chi connectivity index (χ2v) is 8.85. The number of hydrogen-bond donors (Lipinski definition) is 2.